The number of nitrogens with zero attached hydrogens (tertiary/aromatic N) is 1. The Kier molecular flexibility index (Phi) is 4.91. The van der Waals surface area contributed by atoms with Crippen molar-refractivity contribution in [1.29, 1.82) is 0 Å². The first-order valence-electron chi connectivity index (χ1n) is 6.73. The maximum atomic E-state index is 12.6. The summed E-state index contributed by atoms with van der Waals surface area (Å²) in [5.41, 5.74) is 0.685. The summed E-state index contributed by atoms with van der Waals surface area (Å²) in [5, 5.41) is 0.636. The molecule has 2 atom stereocenters. The Morgan fingerprint density at radius 3 is 2.68 bits per heavy atom. The molecule has 0 spiro atoms. The monoisotopic (exact) mass is 343 g/mol. The first-order valence-corrected chi connectivity index (χ1v) is 7.90. The van der Waals surface area contributed by atoms with Crippen molar-refractivity contribution in [2.75, 3.05) is 7.05 Å². The van der Waals surface area contributed by atoms with Crippen LogP contribution in [0.3, 0.4) is 0 Å². The quantitative estimate of drug-likeness (QED) is 0.758. The van der Waals surface area contributed by atoms with Crippen LogP contribution in [0.25, 0.3) is 0 Å². The normalized spacial score (nSPS) is 23.2. The van der Waals surface area contributed by atoms with Crippen LogP contribution in [0.4, 0.5) is 0 Å². The molecule has 4 heteroatoms. The molecule has 2 unspecified atom stereocenters. The summed E-state index contributed by atoms with van der Waals surface area (Å²) in [6, 6.07) is 5.67. The largest absolute Gasteiger partial charge is 0.338 e. The Bertz CT molecular complexity index is 477. The highest BCUT2D eigenvalue weighted by Crippen LogP contribution is 2.29. The fourth-order valence-electron chi connectivity index (χ4n) is 2.88. The Morgan fingerprint density at radius 1 is 1.37 bits per heavy atom. The van der Waals surface area contributed by atoms with Crippen LogP contribution >= 0.6 is 27.5 Å². The molecule has 0 bridgehead atoms. The third-order valence-corrected chi connectivity index (χ3v) is 4.94. The molecule has 1 amide bonds. The lowest BCUT2D eigenvalue weighted by Gasteiger charge is -2.36. The minimum Gasteiger partial charge on any atom is -0.338 e. The van der Waals surface area contributed by atoms with Gasteiger partial charge in [0.05, 0.1) is 5.56 Å². The third-order valence-electron chi connectivity index (χ3n) is 4.05. The average Bonchev–Trinajstić information content (AvgIpc) is 2.38. The summed E-state index contributed by atoms with van der Waals surface area (Å²) in [6.45, 7) is 2.24. The molecule has 1 aliphatic carbocycles. The van der Waals surface area contributed by atoms with Crippen molar-refractivity contribution in [2.45, 2.75) is 38.6 Å². The van der Waals surface area contributed by atoms with Crippen molar-refractivity contribution in [2.24, 2.45) is 5.92 Å². The van der Waals surface area contributed by atoms with Gasteiger partial charge in [0, 0.05) is 22.6 Å². The molecule has 1 aliphatic rings. The highest BCUT2D eigenvalue weighted by Gasteiger charge is 2.29. The SMILES string of the molecule is CC1CCCCC1N(C)C(=O)c1ccc(Cl)cc1Br. The van der Waals surface area contributed by atoms with Gasteiger partial charge in [-0.25, -0.2) is 0 Å². The van der Waals surface area contributed by atoms with Gasteiger partial charge in [-0.3, -0.25) is 4.79 Å². The summed E-state index contributed by atoms with van der Waals surface area (Å²) in [6.07, 6.45) is 4.82. The van der Waals surface area contributed by atoms with Gasteiger partial charge in [0.1, 0.15) is 0 Å². The topological polar surface area (TPSA) is 20.3 Å². The zero-order valence-electron chi connectivity index (χ0n) is 11.3. The number of benzene rings is 1. The van der Waals surface area contributed by atoms with Crippen molar-refractivity contribution in [1.82, 2.24) is 4.90 Å². The fourth-order valence-corrected chi connectivity index (χ4v) is 3.73. The van der Waals surface area contributed by atoms with Crippen molar-refractivity contribution in [3.8, 4) is 0 Å². The van der Waals surface area contributed by atoms with Gasteiger partial charge < -0.3 is 4.90 Å². The molecule has 1 aromatic carbocycles. The average molecular weight is 345 g/mol. The van der Waals surface area contributed by atoms with Gasteiger partial charge in [-0.05, 0) is 52.9 Å². The van der Waals surface area contributed by atoms with Crippen LogP contribution in [0.5, 0.6) is 0 Å². The van der Waals surface area contributed by atoms with Crippen LogP contribution < -0.4 is 0 Å². The molecule has 19 heavy (non-hydrogen) atoms. The van der Waals surface area contributed by atoms with Gasteiger partial charge in [0.2, 0.25) is 0 Å². The number of carbonyl (C=O) groups excluding carboxylic acids is 1. The van der Waals surface area contributed by atoms with Gasteiger partial charge in [-0.2, -0.15) is 0 Å². The van der Waals surface area contributed by atoms with E-state index in [0.29, 0.717) is 22.5 Å². The fraction of sp³-hybridized carbons (Fsp3) is 0.533. The smallest absolute Gasteiger partial charge is 0.255 e. The second kappa shape index (κ2) is 6.27. The summed E-state index contributed by atoms with van der Waals surface area (Å²) in [4.78, 5) is 14.5. The Morgan fingerprint density at radius 2 is 2.05 bits per heavy atom. The van der Waals surface area contributed by atoms with E-state index in [1.54, 1.807) is 18.2 Å². The maximum Gasteiger partial charge on any atom is 0.255 e. The van der Waals surface area contributed by atoms with E-state index in [0.717, 1.165) is 10.9 Å². The van der Waals surface area contributed by atoms with E-state index in [4.69, 9.17) is 11.6 Å². The summed E-state index contributed by atoms with van der Waals surface area (Å²) in [5.74, 6) is 0.649. The van der Waals surface area contributed by atoms with E-state index >= 15 is 0 Å². The molecule has 1 fully saturated rings. The van der Waals surface area contributed by atoms with E-state index in [2.05, 4.69) is 22.9 Å². The molecule has 1 aromatic rings. The second-order valence-electron chi connectivity index (χ2n) is 5.37. The van der Waals surface area contributed by atoms with Crippen LogP contribution in [0.15, 0.2) is 22.7 Å². The highest BCUT2D eigenvalue weighted by atomic mass is 79.9. The Hall–Kier alpha value is -0.540. The number of rotatable bonds is 2. The van der Waals surface area contributed by atoms with Crippen molar-refractivity contribution < 1.29 is 4.79 Å². The van der Waals surface area contributed by atoms with Gasteiger partial charge >= 0.3 is 0 Å². The maximum absolute atomic E-state index is 12.6. The van der Waals surface area contributed by atoms with Crippen molar-refractivity contribution >= 4 is 33.4 Å². The van der Waals surface area contributed by atoms with Gasteiger partial charge in [-0.15, -0.1) is 0 Å². The Labute approximate surface area is 128 Å². The zero-order chi connectivity index (χ0) is 14.0. The first-order chi connectivity index (χ1) is 9.00. The molecule has 0 radical (unpaired) electrons. The predicted octanol–water partition coefficient (Wildman–Crippen LogP) is 4.75. The highest BCUT2D eigenvalue weighted by molar-refractivity contribution is 9.10. The third kappa shape index (κ3) is 3.32. The molecule has 0 aliphatic heterocycles. The van der Waals surface area contributed by atoms with Crippen LogP contribution in [0, 0.1) is 5.92 Å². The molecule has 104 valence electrons. The molecule has 2 nitrogen and oxygen atoms in total. The van der Waals surface area contributed by atoms with Gasteiger partial charge in [0.15, 0.2) is 0 Å². The van der Waals surface area contributed by atoms with E-state index in [9.17, 15) is 4.79 Å². The number of halogens is 2. The Balaban J connectivity index is 2.18. The van der Waals surface area contributed by atoms with Crippen LogP contribution in [0.1, 0.15) is 43.0 Å². The summed E-state index contributed by atoms with van der Waals surface area (Å²) in [7, 11) is 1.91. The lowest BCUT2D eigenvalue weighted by atomic mass is 9.85. The molecule has 2 rings (SSSR count). The number of carbonyl (C=O) groups is 1. The predicted molar refractivity (Wildman–Crippen MR) is 82.7 cm³/mol. The van der Waals surface area contributed by atoms with Crippen LogP contribution in [0.2, 0.25) is 5.02 Å². The molecular weight excluding hydrogens is 326 g/mol. The molecular formula is C15H19BrClNO. The minimum atomic E-state index is 0.0716. The molecule has 0 N–H and O–H groups in total. The summed E-state index contributed by atoms with van der Waals surface area (Å²) < 4.78 is 0.764. The number of hydrogen-bond donors (Lipinski definition) is 0. The second-order valence-corrected chi connectivity index (χ2v) is 6.66. The first kappa shape index (κ1) is 14.9. The van der Waals surface area contributed by atoms with E-state index < -0.39 is 0 Å². The van der Waals surface area contributed by atoms with E-state index in [1.165, 1.54) is 19.3 Å². The van der Waals surface area contributed by atoms with Crippen LogP contribution in [-0.4, -0.2) is 23.9 Å². The number of hydrogen-bond acceptors (Lipinski definition) is 1. The van der Waals surface area contributed by atoms with Gasteiger partial charge in [0.25, 0.3) is 5.91 Å². The lowest BCUT2D eigenvalue weighted by Crippen LogP contribution is -2.42. The van der Waals surface area contributed by atoms with Gasteiger partial charge in [-0.1, -0.05) is 31.4 Å². The lowest BCUT2D eigenvalue weighted by molar-refractivity contribution is 0.0628. The molecule has 0 saturated heterocycles. The zero-order valence-corrected chi connectivity index (χ0v) is 13.7. The van der Waals surface area contributed by atoms with Crippen molar-refractivity contribution in [3.05, 3.63) is 33.3 Å². The van der Waals surface area contributed by atoms with Crippen molar-refractivity contribution in [3.63, 3.8) is 0 Å². The molecule has 0 aromatic heterocycles. The number of amides is 1. The standard InChI is InChI=1S/C15H19BrClNO/c1-10-5-3-4-6-14(10)18(2)15(19)12-8-7-11(17)9-13(12)16/h7-10,14H,3-6H2,1-2H3. The molecule has 1 saturated carbocycles. The van der Waals surface area contributed by atoms with E-state index in [-0.39, 0.29) is 5.91 Å². The molecule has 0 heterocycles. The summed E-state index contributed by atoms with van der Waals surface area (Å²) >= 11 is 9.34. The van der Waals surface area contributed by atoms with E-state index in [1.807, 2.05) is 11.9 Å². The minimum absolute atomic E-state index is 0.0716. The van der Waals surface area contributed by atoms with Crippen LogP contribution in [-0.2, 0) is 0 Å².